The van der Waals surface area contributed by atoms with Crippen LogP contribution in [0.2, 0.25) is 0 Å². The van der Waals surface area contributed by atoms with Crippen LogP contribution in [0.1, 0.15) is 31.7 Å². The van der Waals surface area contributed by atoms with Crippen LogP contribution in [0.25, 0.3) is 0 Å². The summed E-state index contributed by atoms with van der Waals surface area (Å²) >= 11 is 1.72. The molecule has 0 radical (unpaired) electrons. The third kappa shape index (κ3) is 3.59. The summed E-state index contributed by atoms with van der Waals surface area (Å²) in [6.07, 6.45) is 14.2. The molecule has 3 aliphatic rings. The summed E-state index contributed by atoms with van der Waals surface area (Å²) in [4.78, 5) is 20.7. The number of amidine groups is 1. The number of hydrogen-bond donors (Lipinski definition) is 1. The second-order valence-electron chi connectivity index (χ2n) is 7.53. The van der Waals surface area contributed by atoms with Gasteiger partial charge in [0.1, 0.15) is 11.7 Å². The number of carbonyl (C=O) groups excluding carboxylic acids is 1. The highest BCUT2D eigenvalue weighted by atomic mass is 32.2. The van der Waals surface area contributed by atoms with Crippen molar-refractivity contribution in [3.05, 3.63) is 48.1 Å². The molecule has 6 nitrogen and oxygen atoms in total. The van der Waals surface area contributed by atoms with Gasteiger partial charge in [0.25, 0.3) is 0 Å². The van der Waals surface area contributed by atoms with Crippen molar-refractivity contribution in [3.63, 3.8) is 0 Å². The Hall–Kier alpha value is -2.54. The molecule has 0 bridgehead atoms. The predicted octanol–water partition coefficient (Wildman–Crippen LogP) is 3.40. The molecule has 2 atom stereocenters. The van der Waals surface area contributed by atoms with E-state index in [0.717, 1.165) is 23.5 Å². The van der Waals surface area contributed by atoms with Gasteiger partial charge in [0.05, 0.1) is 12.2 Å². The van der Waals surface area contributed by atoms with Crippen LogP contribution in [0.15, 0.2) is 57.5 Å². The van der Waals surface area contributed by atoms with Crippen LogP contribution in [0.5, 0.6) is 0 Å². The number of hydrogen-bond acceptors (Lipinski definition) is 6. The SMILES string of the molecule is CCCC(=O)NC1(C2=NN(C)C3CN=Cc4cc(SC)ccc4N23)C=CC=CC1. The van der Waals surface area contributed by atoms with Crippen molar-refractivity contribution in [2.45, 2.75) is 42.8 Å². The fourth-order valence-electron chi connectivity index (χ4n) is 4.05. The normalized spacial score (nSPS) is 24.8. The number of nitrogens with zero attached hydrogens (tertiary/aromatic N) is 4. The quantitative estimate of drug-likeness (QED) is 0.757. The maximum absolute atomic E-state index is 12.6. The second-order valence-corrected chi connectivity index (χ2v) is 8.41. The van der Waals surface area contributed by atoms with Gasteiger partial charge in [-0.1, -0.05) is 31.2 Å². The number of amides is 1. The van der Waals surface area contributed by atoms with Gasteiger partial charge >= 0.3 is 0 Å². The van der Waals surface area contributed by atoms with Crippen LogP contribution in [0.3, 0.4) is 0 Å². The molecule has 1 amide bonds. The summed E-state index contributed by atoms with van der Waals surface area (Å²) < 4.78 is 0. The number of carbonyl (C=O) groups is 1. The molecule has 29 heavy (non-hydrogen) atoms. The first kappa shape index (κ1) is 19.8. The number of fused-ring (bicyclic) bond motifs is 3. The summed E-state index contributed by atoms with van der Waals surface area (Å²) in [5.74, 6) is 0.893. The fourth-order valence-corrected chi connectivity index (χ4v) is 4.50. The first-order valence-electron chi connectivity index (χ1n) is 10.0. The average molecular weight is 410 g/mol. The van der Waals surface area contributed by atoms with Crippen LogP contribution in [0, 0.1) is 0 Å². The zero-order chi connectivity index (χ0) is 20.4. The molecule has 1 N–H and O–H groups in total. The molecule has 0 saturated carbocycles. The lowest BCUT2D eigenvalue weighted by atomic mass is 9.88. The molecule has 0 saturated heterocycles. The van der Waals surface area contributed by atoms with E-state index in [1.807, 2.05) is 37.3 Å². The molecule has 4 rings (SSSR count). The summed E-state index contributed by atoms with van der Waals surface area (Å²) in [5.41, 5.74) is 1.49. The minimum absolute atomic E-state index is 0.0121. The average Bonchev–Trinajstić information content (AvgIpc) is 2.93. The molecule has 152 valence electrons. The summed E-state index contributed by atoms with van der Waals surface area (Å²) in [6.45, 7) is 2.64. The van der Waals surface area contributed by atoms with Gasteiger partial charge in [-0.15, -0.1) is 11.8 Å². The molecule has 1 aromatic carbocycles. The van der Waals surface area contributed by atoms with Gasteiger partial charge in [-0.2, -0.15) is 5.10 Å². The number of nitrogens with one attached hydrogen (secondary N) is 1. The van der Waals surface area contributed by atoms with E-state index in [4.69, 9.17) is 5.10 Å². The summed E-state index contributed by atoms with van der Waals surface area (Å²) in [5, 5.41) is 10.2. The van der Waals surface area contributed by atoms with E-state index >= 15 is 0 Å². The highest BCUT2D eigenvalue weighted by Gasteiger charge is 2.46. The minimum atomic E-state index is -0.663. The molecular weight excluding hydrogens is 382 g/mol. The first-order valence-corrected chi connectivity index (χ1v) is 11.2. The Morgan fingerprint density at radius 3 is 2.97 bits per heavy atom. The molecule has 1 aromatic rings. The standard InChI is InChI=1S/C22H27N5OS/c1-4-8-19(28)24-22(11-6-5-7-12-22)21-25-26(2)20-15-23-14-16-13-17(29-3)9-10-18(16)27(20)21/h5-7,9-11,13-14,20H,4,8,12,15H2,1-3H3,(H,24,28). The van der Waals surface area contributed by atoms with Crippen LogP contribution >= 0.6 is 11.8 Å². The molecular formula is C22H27N5OS. The molecule has 0 aromatic heterocycles. The largest absolute Gasteiger partial charge is 0.340 e. The topological polar surface area (TPSA) is 60.3 Å². The number of benzene rings is 1. The van der Waals surface area contributed by atoms with E-state index in [2.05, 4.69) is 51.8 Å². The Morgan fingerprint density at radius 2 is 2.24 bits per heavy atom. The fraction of sp³-hybridized carbons (Fsp3) is 0.409. The van der Waals surface area contributed by atoms with E-state index in [0.29, 0.717) is 19.4 Å². The van der Waals surface area contributed by atoms with Crippen molar-refractivity contribution >= 4 is 35.4 Å². The van der Waals surface area contributed by atoms with Crippen molar-refractivity contribution in [1.82, 2.24) is 10.3 Å². The molecule has 7 heteroatoms. The number of rotatable bonds is 5. The lowest BCUT2D eigenvalue weighted by molar-refractivity contribution is -0.121. The van der Waals surface area contributed by atoms with Gasteiger partial charge in [0.2, 0.25) is 5.91 Å². The third-order valence-electron chi connectivity index (χ3n) is 5.51. The Morgan fingerprint density at radius 1 is 1.38 bits per heavy atom. The van der Waals surface area contributed by atoms with E-state index in [1.165, 1.54) is 4.90 Å². The lowest BCUT2D eigenvalue weighted by Gasteiger charge is -2.38. The van der Waals surface area contributed by atoms with Crippen LogP contribution in [0.4, 0.5) is 5.69 Å². The van der Waals surface area contributed by atoms with Gasteiger partial charge in [-0.05, 0) is 37.3 Å². The highest BCUT2D eigenvalue weighted by molar-refractivity contribution is 7.98. The second kappa shape index (κ2) is 8.06. The van der Waals surface area contributed by atoms with Crippen LogP contribution < -0.4 is 10.2 Å². The van der Waals surface area contributed by atoms with Crippen molar-refractivity contribution < 1.29 is 4.79 Å². The van der Waals surface area contributed by atoms with E-state index < -0.39 is 5.54 Å². The highest BCUT2D eigenvalue weighted by Crippen LogP contribution is 2.36. The number of thioether (sulfide) groups is 1. The summed E-state index contributed by atoms with van der Waals surface area (Å²) in [7, 11) is 1.98. The van der Waals surface area contributed by atoms with Crippen LogP contribution in [-0.4, -0.2) is 54.5 Å². The zero-order valence-corrected chi connectivity index (χ0v) is 17.9. The van der Waals surface area contributed by atoms with E-state index in [1.54, 1.807) is 11.8 Å². The maximum atomic E-state index is 12.6. The monoisotopic (exact) mass is 409 g/mol. The smallest absolute Gasteiger partial charge is 0.221 e. The number of hydrazone groups is 1. The zero-order valence-electron chi connectivity index (χ0n) is 17.1. The van der Waals surface area contributed by atoms with Crippen molar-refractivity contribution in [2.24, 2.45) is 10.1 Å². The molecule has 0 spiro atoms. The number of allylic oxidation sites excluding steroid dienone is 2. The predicted molar refractivity (Wildman–Crippen MR) is 121 cm³/mol. The lowest BCUT2D eigenvalue weighted by Crippen LogP contribution is -2.59. The number of likely N-dealkylation sites (N-methyl/N-ethyl adjacent to an activating group) is 1. The number of aliphatic imine (C=N–C) groups is 1. The van der Waals surface area contributed by atoms with Crippen molar-refractivity contribution in [3.8, 4) is 0 Å². The third-order valence-corrected chi connectivity index (χ3v) is 6.23. The van der Waals surface area contributed by atoms with Gasteiger partial charge < -0.3 is 10.2 Å². The maximum Gasteiger partial charge on any atom is 0.221 e. The van der Waals surface area contributed by atoms with E-state index in [9.17, 15) is 4.79 Å². The Balaban J connectivity index is 1.79. The minimum Gasteiger partial charge on any atom is -0.340 e. The Kier molecular flexibility index (Phi) is 5.50. The van der Waals surface area contributed by atoms with Crippen molar-refractivity contribution in [1.29, 1.82) is 0 Å². The Labute approximate surface area is 176 Å². The van der Waals surface area contributed by atoms with Gasteiger partial charge in [0, 0.05) is 30.1 Å². The number of anilines is 1. The summed E-state index contributed by atoms with van der Waals surface area (Å²) in [6, 6.07) is 6.44. The van der Waals surface area contributed by atoms with E-state index in [-0.39, 0.29) is 12.1 Å². The van der Waals surface area contributed by atoms with Crippen LogP contribution in [-0.2, 0) is 4.79 Å². The molecule has 2 aliphatic heterocycles. The molecule has 2 unspecified atom stereocenters. The van der Waals surface area contributed by atoms with Gasteiger partial charge in [-0.3, -0.25) is 14.8 Å². The first-order chi connectivity index (χ1) is 14.1. The van der Waals surface area contributed by atoms with Crippen molar-refractivity contribution in [2.75, 3.05) is 24.7 Å². The van der Waals surface area contributed by atoms with Gasteiger partial charge in [-0.25, -0.2) is 0 Å². The molecule has 0 fully saturated rings. The molecule has 2 heterocycles. The molecule has 1 aliphatic carbocycles. The van der Waals surface area contributed by atoms with Gasteiger partial charge in [0.15, 0.2) is 5.84 Å². The Bertz CT molecular complexity index is 922.